The third-order valence-corrected chi connectivity index (χ3v) is 4.02. The molecule has 2 N–H and O–H groups in total. The van der Waals surface area contributed by atoms with E-state index in [1.54, 1.807) is 25.2 Å². The number of phenolic OH excluding ortho intramolecular Hbond substituents is 1. The van der Waals surface area contributed by atoms with Crippen LogP contribution in [0.15, 0.2) is 18.2 Å². The van der Waals surface area contributed by atoms with Gasteiger partial charge in [-0.2, -0.15) is 0 Å². The quantitative estimate of drug-likeness (QED) is 0.828. The molecule has 2 rings (SSSR count). The number of carbonyl (C=O) groups is 2. The second-order valence-electron chi connectivity index (χ2n) is 5.50. The number of likely N-dealkylation sites (N-methyl/N-ethyl adjacent to an activating group) is 1. The fourth-order valence-corrected chi connectivity index (χ4v) is 2.79. The van der Waals surface area contributed by atoms with Crippen molar-refractivity contribution in [2.24, 2.45) is 0 Å². The molecule has 21 heavy (non-hydrogen) atoms. The Bertz CT molecular complexity index is 542. The first kappa shape index (κ1) is 15.5. The van der Waals surface area contributed by atoms with Crippen molar-refractivity contribution in [2.75, 3.05) is 13.6 Å². The van der Waals surface area contributed by atoms with Crippen LogP contribution in [0.4, 0.5) is 0 Å². The number of Topliss-reactive ketones (excluding diaryl/α,β-unsaturated/α-hetero) is 1. The summed E-state index contributed by atoms with van der Waals surface area (Å²) in [6.07, 6.45) is 2.90. The third kappa shape index (κ3) is 3.61. The van der Waals surface area contributed by atoms with Crippen molar-refractivity contribution in [1.82, 2.24) is 10.2 Å². The maximum absolute atomic E-state index is 12.0. The van der Waals surface area contributed by atoms with Crippen LogP contribution in [-0.4, -0.2) is 41.3 Å². The van der Waals surface area contributed by atoms with E-state index in [2.05, 4.69) is 10.2 Å². The molecule has 0 bridgehead atoms. The summed E-state index contributed by atoms with van der Waals surface area (Å²) in [5.74, 6) is 0.149. The van der Waals surface area contributed by atoms with Crippen LogP contribution in [0.25, 0.3) is 0 Å². The van der Waals surface area contributed by atoms with Gasteiger partial charge in [-0.3, -0.25) is 14.5 Å². The van der Waals surface area contributed by atoms with Crippen molar-refractivity contribution in [2.45, 2.75) is 38.8 Å². The SMILES string of the molecule is CNC(=O)C1CCCCN1Cc1cc(C(C)=O)ccc1O. The normalized spacial score (nSPS) is 19.2. The number of ketones is 1. The molecule has 1 aromatic rings. The first-order chi connectivity index (χ1) is 10.0. The van der Waals surface area contributed by atoms with E-state index in [0.717, 1.165) is 25.8 Å². The lowest BCUT2D eigenvalue weighted by molar-refractivity contribution is -0.127. The molecule has 0 spiro atoms. The molecule has 1 heterocycles. The van der Waals surface area contributed by atoms with Crippen molar-refractivity contribution in [3.05, 3.63) is 29.3 Å². The molecule has 0 saturated carbocycles. The number of phenols is 1. The standard InChI is InChI=1S/C16H22N2O3/c1-11(19)12-6-7-15(20)13(9-12)10-18-8-4-3-5-14(18)16(21)17-2/h6-7,9,14,20H,3-5,8,10H2,1-2H3,(H,17,21). The lowest BCUT2D eigenvalue weighted by atomic mass is 9.99. The van der Waals surface area contributed by atoms with E-state index < -0.39 is 0 Å². The van der Waals surface area contributed by atoms with Crippen LogP contribution in [0, 0.1) is 0 Å². The molecular weight excluding hydrogens is 268 g/mol. The van der Waals surface area contributed by atoms with Crippen molar-refractivity contribution >= 4 is 11.7 Å². The Morgan fingerprint density at radius 3 is 2.81 bits per heavy atom. The predicted molar refractivity (Wildman–Crippen MR) is 80.2 cm³/mol. The van der Waals surface area contributed by atoms with Crippen molar-refractivity contribution in [3.8, 4) is 5.75 Å². The summed E-state index contributed by atoms with van der Waals surface area (Å²) >= 11 is 0. The molecular formula is C16H22N2O3. The van der Waals surface area contributed by atoms with E-state index in [1.165, 1.54) is 6.92 Å². The molecule has 1 saturated heterocycles. The number of benzene rings is 1. The molecule has 0 aromatic heterocycles. The Labute approximate surface area is 125 Å². The fraction of sp³-hybridized carbons (Fsp3) is 0.500. The number of amides is 1. The fourth-order valence-electron chi connectivity index (χ4n) is 2.79. The van der Waals surface area contributed by atoms with E-state index in [-0.39, 0.29) is 23.5 Å². The number of carbonyl (C=O) groups excluding carboxylic acids is 2. The van der Waals surface area contributed by atoms with E-state index in [4.69, 9.17) is 0 Å². The van der Waals surface area contributed by atoms with Gasteiger partial charge in [-0.1, -0.05) is 6.42 Å². The molecule has 5 heteroatoms. The molecule has 1 atom stereocenters. The largest absolute Gasteiger partial charge is 0.508 e. The van der Waals surface area contributed by atoms with Gasteiger partial charge < -0.3 is 10.4 Å². The zero-order valence-electron chi connectivity index (χ0n) is 12.6. The first-order valence-electron chi connectivity index (χ1n) is 7.31. The highest BCUT2D eigenvalue weighted by molar-refractivity contribution is 5.94. The number of nitrogens with one attached hydrogen (secondary N) is 1. The summed E-state index contributed by atoms with van der Waals surface area (Å²) in [5, 5.41) is 12.7. The monoisotopic (exact) mass is 290 g/mol. The topological polar surface area (TPSA) is 69.6 Å². The van der Waals surface area contributed by atoms with Crippen LogP contribution >= 0.6 is 0 Å². The Morgan fingerprint density at radius 1 is 1.38 bits per heavy atom. The zero-order valence-corrected chi connectivity index (χ0v) is 12.6. The molecule has 0 aliphatic carbocycles. The number of hydrogen-bond acceptors (Lipinski definition) is 4. The van der Waals surface area contributed by atoms with Gasteiger partial charge >= 0.3 is 0 Å². The number of piperidine rings is 1. The highest BCUT2D eigenvalue weighted by Gasteiger charge is 2.28. The van der Waals surface area contributed by atoms with Crippen LogP contribution in [0.3, 0.4) is 0 Å². The lowest BCUT2D eigenvalue weighted by Gasteiger charge is -2.34. The van der Waals surface area contributed by atoms with Gasteiger partial charge in [0.15, 0.2) is 5.78 Å². The number of nitrogens with zero attached hydrogens (tertiary/aromatic N) is 1. The predicted octanol–water partition coefficient (Wildman–Crippen LogP) is 1.70. The summed E-state index contributed by atoms with van der Waals surface area (Å²) < 4.78 is 0. The number of rotatable bonds is 4. The van der Waals surface area contributed by atoms with Gasteiger partial charge in [0.05, 0.1) is 6.04 Å². The van der Waals surface area contributed by atoms with E-state index in [0.29, 0.717) is 17.7 Å². The summed E-state index contributed by atoms with van der Waals surface area (Å²) in [7, 11) is 1.64. The molecule has 1 unspecified atom stereocenters. The summed E-state index contributed by atoms with van der Waals surface area (Å²) in [5.41, 5.74) is 1.27. The minimum atomic E-state index is -0.163. The summed E-state index contributed by atoms with van der Waals surface area (Å²) in [6, 6.07) is 4.72. The molecule has 1 aromatic carbocycles. The smallest absolute Gasteiger partial charge is 0.237 e. The Hall–Kier alpha value is -1.88. The van der Waals surface area contributed by atoms with E-state index in [1.807, 2.05) is 0 Å². The maximum atomic E-state index is 12.0. The Morgan fingerprint density at radius 2 is 2.14 bits per heavy atom. The third-order valence-electron chi connectivity index (χ3n) is 4.02. The van der Waals surface area contributed by atoms with Gasteiger partial charge in [0, 0.05) is 24.7 Å². The molecule has 0 radical (unpaired) electrons. The first-order valence-corrected chi connectivity index (χ1v) is 7.31. The number of likely N-dealkylation sites (tertiary alicyclic amines) is 1. The minimum absolute atomic E-state index is 0.0110. The molecule has 1 fully saturated rings. The Kier molecular flexibility index (Phi) is 4.96. The highest BCUT2D eigenvalue weighted by Crippen LogP contribution is 2.25. The van der Waals surface area contributed by atoms with Gasteiger partial charge in [-0.15, -0.1) is 0 Å². The van der Waals surface area contributed by atoms with Crippen LogP contribution in [0.2, 0.25) is 0 Å². The molecule has 1 aliphatic heterocycles. The van der Waals surface area contributed by atoms with Gasteiger partial charge in [0.1, 0.15) is 5.75 Å². The van der Waals surface area contributed by atoms with Crippen LogP contribution in [0.5, 0.6) is 5.75 Å². The number of hydrogen-bond donors (Lipinski definition) is 2. The molecule has 1 aliphatic rings. The number of aromatic hydroxyl groups is 1. The van der Waals surface area contributed by atoms with Gasteiger partial charge in [-0.05, 0) is 44.5 Å². The van der Waals surface area contributed by atoms with E-state index in [9.17, 15) is 14.7 Å². The molecule has 1 amide bonds. The maximum Gasteiger partial charge on any atom is 0.237 e. The molecule has 5 nitrogen and oxygen atoms in total. The minimum Gasteiger partial charge on any atom is -0.508 e. The van der Waals surface area contributed by atoms with Gasteiger partial charge in [0.2, 0.25) is 5.91 Å². The average molecular weight is 290 g/mol. The van der Waals surface area contributed by atoms with Crippen LogP contribution in [-0.2, 0) is 11.3 Å². The van der Waals surface area contributed by atoms with Crippen molar-refractivity contribution in [1.29, 1.82) is 0 Å². The summed E-state index contributed by atoms with van der Waals surface area (Å²) in [4.78, 5) is 25.5. The summed E-state index contributed by atoms with van der Waals surface area (Å²) in [6.45, 7) is 2.80. The average Bonchev–Trinajstić information content (AvgIpc) is 2.49. The second kappa shape index (κ2) is 6.72. The Balaban J connectivity index is 2.20. The zero-order chi connectivity index (χ0) is 15.4. The second-order valence-corrected chi connectivity index (χ2v) is 5.50. The van der Waals surface area contributed by atoms with Crippen LogP contribution < -0.4 is 5.32 Å². The van der Waals surface area contributed by atoms with Crippen molar-refractivity contribution < 1.29 is 14.7 Å². The molecule has 114 valence electrons. The highest BCUT2D eigenvalue weighted by atomic mass is 16.3. The van der Waals surface area contributed by atoms with Gasteiger partial charge in [-0.25, -0.2) is 0 Å². The lowest BCUT2D eigenvalue weighted by Crippen LogP contribution is -2.48. The van der Waals surface area contributed by atoms with Crippen molar-refractivity contribution in [3.63, 3.8) is 0 Å². The van der Waals surface area contributed by atoms with E-state index >= 15 is 0 Å². The van der Waals surface area contributed by atoms with Crippen LogP contribution in [0.1, 0.15) is 42.1 Å². The van der Waals surface area contributed by atoms with Gasteiger partial charge in [0.25, 0.3) is 0 Å².